The quantitative estimate of drug-likeness (QED) is 0.886. The predicted molar refractivity (Wildman–Crippen MR) is 83.4 cm³/mol. The molecular weight excluding hydrogens is 246 g/mol. The van der Waals surface area contributed by atoms with E-state index in [4.69, 9.17) is 10.5 Å². The molecule has 0 aromatic heterocycles. The van der Waals surface area contributed by atoms with Crippen LogP contribution in [-0.2, 0) is 18.4 Å². The highest BCUT2D eigenvalue weighted by molar-refractivity contribution is 5.58. The topological polar surface area (TPSA) is 35.2 Å². The van der Waals surface area contributed by atoms with E-state index in [0.717, 1.165) is 18.6 Å². The van der Waals surface area contributed by atoms with Gasteiger partial charge in [-0.25, -0.2) is 0 Å². The molecule has 0 radical (unpaired) electrons. The molecule has 110 valence electrons. The van der Waals surface area contributed by atoms with Crippen molar-refractivity contribution in [2.24, 2.45) is 5.73 Å². The zero-order valence-electron chi connectivity index (χ0n) is 13.1. The second kappa shape index (κ2) is 5.07. The first kappa shape index (κ1) is 13.9. The summed E-state index contributed by atoms with van der Waals surface area (Å²) in [5.41, 5.74) is 13.8. The summed E-state index contributed by atoms with van der Waals surface area (Å²) in [6.07, 6.45) is 9.74. The van der Waals surface area contributed by atoms with Gasteiger partial charge in [0.1, 0.15) is 5.75 Å². The molecular formula is C18H27NO. The molecule has 0 unspecified atom stereocenters. The Hall–Kier alpha value is -1.02. The van der Waals surface area contributed by atoms with Gasteiger partial charge < -0.3 is 10.5 Å². The molecule has 20 heavy (non-hydrogen) atoms. The highest BCUT2D eigenvalue weighted by atomic mass is 16.5. The van der Waals surface area contributed by atoms with Gasteiger partial charge in [0.25, 0.3) is 0 Å². The zero-order chi connectivity index (χ0) is 14.3. The van der Waals surface area contributed by atoms with Crippen LogP contribution in [-0.4, -0.2) is 7.11 Å². The minimum atomic E-state index is -0.160. The van der Waals surface area contributed by atoms with E-state index in [9.17, 15) is 0 Å². The molecule has 0 amide bonds. The summed E-state index contributed by atoms with van der Waals surface area (Å²) in [6, 6.07) is 0. The third kappa shape index (κ3) is 1.96. The second-order valence-corrected chi connectivity index (χ2v) is 6.69. The van der Waals surface area contributed by atoms with E-state index < -0.39 is 0 Å². The standard InChI is InChI=1S/C18H27NO/c1-12-14-8-4-5-9-15(14)13(2)17(20-3)16(12)18(19)10-6-7-11-18/h4-11,19H2,1-3H3. The average molecular weight is 273 g/mol. The monoisotopic (exact) mass is 273 g/mol. The van der Waals surface area contributed by atoms with Crippen molar-refractivity contribution in [1.82, 2.24) is 0 Å². The molecule has 2 aliphatic rings. The van der Waals surface area contributed by atoms with Gasteiger partial charge in [-0.2, -0.15) is 0 Å². The fourth-order valence-electron chi connectivity index (χ4n) is 4.49. The Kier molecular flexibility index (Phi) is 3.53. The van der Waals surface area contributed by atoms with Crippen molar-refractivity contribution in [1.29, 1.82) is 0 Å². The third-order valence-corrected chi connectivity index (χ3v) is 5.51. The van der Waals surface area contributed by atoms with Crippen LogP contribution in [0.1, 0.15) is 66.3 Å². The molecule has 2 nitrogen and oxygen atoms in total. The minimum Gasteiger partial charge on any atom is -0.496 e. The van der Waals surface area contributed by atoms with Crippen molar-refractivity contribution < 1.29 is 4.74 Å². The molecule has 0 bridgehead atoms. The van der Waals surface area contributed by atoms with E-state index >= 15 is 0 Å². The molecule has 1 saturated carbocycles. The molecule has 2 aliphatic carbocycles. The van der Waals surface area contributed by atoms with E-state index in [1.165, 1.54) is 60.8 Å². The Balaban J connectivity index is 2.25. The summed E-state index contributed by atoms with van der Waals surface area (Å²) in [7, 11) is 1.80. The highest BCUT2D eigenvalue weighted by Crippen LogP contribution is 2.46. The lowest BCUT2D eigenvalue weighted by atomic mass is 9.77. The normalized spacial score (nSPS) is 20.8. The van der Waals surface area contributed by atoms with E-state index in [2.05, 4.69) is 13.8 Å². The Labute approximate surface area is 122 Å². The number of nitrogens with two attached hydrogens (primary N) is 1. The van der Waals surface area contributed by atoms with Crippen LogP contribution < -0.4 is 10.5 Å². The number of rotatable bonds is 2. The van der Waals surface area contributed by atoms with Gasteiger partial charge in [0, 0.05) is 11.1 Å². The van der Waals surface area contributed by atoms with Gasteiger partial charge in [0.15, 0.2) is 0 Å². The van der Waals surface area contributed by atoms with Gasteiger partial charge >= 0.3 is 0 Å². The van der Waals surface area contributed by atoms with Crippen LogP contribution in [0.4, 0.5) is 0 Å². The summed E-state index contributed by atoms with van der Waals surface area (Å²) >= 11 is 0. The first-order valence-corrected chi connectivity index (χ1v) is 8.07. The Bertz CT molecular complexity index is 527. The largest absolute Gasteiger partial charge is 0.496 e. The molecule has 0 saturated heterocycles. The number of fused-ring (bicyclic) bond motifs is 1. The smallest absolute Gasteiger partial charge is 0.127 e. The zero-order valence-corrected chi connectivity index (χ0v) is 13.1. The van der Waals surface area contributed by atoms with Crippen molar-refractivity contribution in [3.8, 4) is 5.75 Å². The van der Waals surface area contributed by atoms with Crippen molar-refractivity contribution in [2.45, 2.75) is 70.8 Å². The fraction of sp³-hybridized carbons (Fsp3) is 0.667. The number of benzene rings is 1. The predicted octanol–water partition coefficient (Wildman–Crippen LogP) is 3.92. The molecule has 0 heterocycles. The Morgan fingerprint density at radius 3 is 2.00 bits per heavy atom. The van der Waals surface area contributed by atoms with Crippen LogP contribution in [0.3, 0.4) is 0 Å². The van der Waals surface area contributed by atoms with Crippen LogP contribution in [0, 0.1) is 13.8 Å². The Morgan fingerprint density at radius 2 is 1.45 bits per heavy atom. The molecule has 2 N–H and O–H groups in total. The number of ether oxygens (including phenoxy) is 1. The van der Waals surface area contributed by atoms with Crippen molar-refractivity contribution >= 4 is 0 Å². The van der Waals surface area contributed by atoms with Crippen LogP contribution >= 0.6 is 0 Å². The van der Waals surface area contributed by atoms with Crippen LogP contribution in [0.25, 0.3) is 0 Å². The summed E-state index contributed by atoms with van der Waals surface area (Å²) in [4.78, 5) is 0. The Morgan fingerprint density at radius 1 is 0.900 bits per heavy atom. The van der Waals surface area contributed by atoms with E-state index in [1.807, 2.05) is 0 Å². The van der Waals surface area contributed by atoms with Gasteiger partial charge in [-0.05, 0) is 74.6 Å². The lowest BCUT2D eigenvalue weighted by Crippen LogP contribution is -2.35. The maximum absolute atomic E-state index is 6.78. The fourth-order valence-corrected chi connectivity index (χ4v) is 4.49. The second-order valence-electron chi connectivity index (χ2n) is 6.69. The van der Waals surface area contributed by atoms with Crippen LogP contribution in [0.5, 0.6) is 5.75 Å². The molecule has 1 aromatic carbocycles. The molecule has 2 heteroatoms. The molecule has 1 fully saturated rings. The summed E-state index contributed by atoms with van der Waals surface area (Å²) < 4.78 is 5.82. The van der Waals surface area contributed by atoms with Gasteiger partial charge in [0.05, 0.1) is 7.11 Å². The lowest BCUT2D eigenvalue weighted by molar-refractivity contribution is 0.373. The summed E-state index contributed by atoms with van der Waals surface area (Å²) in [6.45, 7) is 4.50. The van der Waals surface area contributed by atoms with E-state index in [0.29, 0.717) is 0 Å². The first-order chi connectivity index (χ1) is 9.58. The minimum absolute atomic E-state index is 0.160. The lowest BCUT2D eigenvalue weighted by Gasteiger charge is -2.33. The summed E-state index contributed by atoms with van der Waals surface area (Å²) in [5, 5.41) is 0. The van der Waals surface area contributed by atoms with Crippen LogP contribution in [0.2, 0.25) is 0 Å². The van der Waals surface area contributed by atoms with Crippen molar-refractivity contribution in [2.75, 3.05) is 7.11 Å². The van der Waals surface area contributed by atoms with Crippen LogP contribution in [0.15, 0.2) is 0 Å². The van der Waals surface area contributed by atoms with Gasteiger partial charge in [-0.1, -0.05) is 12.8 Å². The van der Waals surface area contributed by atoms with E-state index in [1.54, 1.807) is 12.7 Å². The maximum atomic E-state index is 6.78. The molecule has 3 rings (SSSR count). The molecule has 0 spiro atoms. The molecule has 0 atom stereocenters. The van der Waals surface area contributed by atoms with E-state index in [-0.39, 0.29) is 5.54 Å². The SMILES string of the molecule is COc1c(C)c2c(c(C)c1C1(N)CCCC1)CCCC2. The molecule has 1 aromatic rings. The first-order valence-electron chi connectivity index (χ1n) is 8.07. The molecule has 0 aliphatic heterocycles. The number of hydrogen-bond acceptors (Lipinski definition) is 2. The van der Waals surface area contributed by atoms with Crippen molar-refractivity contribution in [3.63, 3.8) is 0 Å². The number of hydrogen-bond donors (Lipinski definition) is 1. The van der Waals surface area contributed by atoms with Gasteiger partial charge in [-0.3, -0.25) is 0 Å². The maximum Gasteiger partial charge on any atom is 0.127 e. The van der Waals surface area contributed by atoms with Gasteiger partial charge in [0.2, 0.25) is 0 Å². The highest BCUT2D eigenvalue weighted by Gasteiger charge is 2.37. The average Bonchev–Trinajstić information content (AvgIpc) is 2.90. The summed E-state index contributed by atoms with van der Waals surface area (Å²) in [5.74, 6) is 1.08. The van der Waals surface area contributed by atoms with Crippen molar-refractivity contribution in [3.05, 3.63) is 27.8 Å². The number of methoxy groups -OCH3 is 1. The van der Waals surface area contributed by atoms with Gasteiger partial charge in [-0.15, -0.1) is 0 Å². The third-order valence-electron chi connectivity index (χ3n) is 5.51.